The highest BCUT2D eigenvalue weighted by molar-refractivity contribution is 5.75. The lowest BCUT2D eigenvalue weighted by atomic mass is 9.89. The molecule has 0 bridgehead atoms. The molecule has 2 fully saturated rings. The van der Waals surface area contributed by atoms with Gasteiger partial charge in [-0.2, -0.15) is 0 Å². The molecule has 0 radical (unpaired) electrons. The van der Waals surface area contributed by atoms with Crippen LogP contribution in [0.15, 0.2) is 102 Å². The Morgan fingerprint density at radius 2 is 1.59 bits per heavy atom. The van der Waals surface area contributed by atoms with Crippen LogP contribution in [0.1, 0.15) is 60.5 Å². The molecule has 46 heavy (non-hydrogen) atoms. The molecule has 2 saturated heterocycles. The number of nitrogens with two attached hydrogens (primary N) is 1. The van der Waals surface area contributed by atoms with E-state index >= 15 is 0 Å². The maximum absolute atomic E-state index is 12.8. The Morgan fingerprint density at radius 1 is 0.848 bits per heavy atom. The topological polar surface area (TPSA) is 106 Å². The zero-order valence-corrected chi connectivity index (χ0v) is 26.2. The summed E-state index contributed by atoms with van der Waals surface area (Å²) < 4.78 is 15.5. The molecule has 4 unspecified atom stereocenters. The molecule has 7 rings (SSSR count). The number of hydrogen-bond acceptors (Lipinski definition) is 6. The fourth-order valence-electron chi connectivity index (χ4n) is 7.12. The Kier molecular flexibility index (Phi) is 8.88. The maximum atomic E-state index is 12.8. The molecule has 8 nitrogen and oxygen atoms in total. The first kappa shape index (κ1) is 30.6. The number of aromatic amines is 1. The second-order valence-corrected chi connectivity index (χ2v) is 12.7. The SMILES string of the molecule is CC1C(CN2CCC(n3c(=O)[nH]c4ccccc43)CC2)OC(c2cccc(-c3cccc(CN)c3)c2)OC1c1ccc(CO)cc1. The standard InChI is InChI=1S/C38H42N4O4/c1-25-35(23-41-18-16-32(17-19-41)42-34-11-3-2-10-33(34)40-38(42)44)45-37(46-36(25)28-14-12-26(24-43)13-15-28)31-9-5-8-30(21-31)29-7-4-6-27(20-29)22-39/h2-15,20-21,25,32,35-37,43H,16-19,22-24,39H2,1H3,(H,40,44). The van der Waals surface area contributed by atoms with Crippen molar-refractivity contribution in [2.75, 3.05) is 19.6 Å². The number of para-hydroxylation sites is 2. The van der Waals surface area contributed by atoms with E-state index in [1.165, 1.54) is 0 Å². The number of aliphatic hydroxyl groups is 1. The van der Waals surface area contributed by atoms with Gasteiger partial charge in [-0.15, -0.1) is 0 Å². The van der Waals surface area contributed by atoms with Gasteiger partial charge in [0.1, 0.15) is 0 Å². The number of nitrogens with one attached hydrogen (secondary N) is 1. The van der Waals surface area contributed by atoms with E-state index in [4.69, 9.17) is 15.2 Å². The molecule has 0 aliphatic carbocycles. The van der Waals surface area contributed by atoms with Gasteiger partial charge < -0.3 is 30.2 Å². The summed E-state index contributed by atoms with van der Waals surface area (Å²) >= 11 is 0. The van der Waals surface area contributed by atoms with Crippen LogP contribution in [0.25, 0.3) is 22.2 Å². The zero-order valence-electron chi connectivity index (χ0n) is 26.2. The van der Waals surface area contributed by atoms with Crippen molar-refractivity contribution < 1.29 is 14.6 Å². The number of piperidine rings is 1. The second-order valence-electron chi connectivity index (χ2n) is 12.7. The van der Waals surface area contributed by atoms with E-state index in [1.807, 2.05) is 53.1 Å². The molecule has 0 saturated carbocycles. The average molecular weight is 619 g/mol. The number of fused-ring (bicyclic) bond motifs is 1. The van der Waals surface area contributed by atoms with Crippen molar-refractivity contribution in [1.82, 2.24) is 14.5 Å². The number of rotatable bonds is 8. The molecule has 2 aliphatic rings. The Bertz CT molecular complexity index is 1840. The van der Waals surface area contributed by atoms with Crippen LogP contribution in [0.2, 0.25) is 0 Å². The summed E-state index contributed by atoms with van der Waals surface area (Å²) in [6.45, 7) is 5.26. The van der Waals surface area contributed by atoms with Crippen LogP contribution >= 0.6 is 0 Å². The van der Waals surface area contributed by atoms with Gasteiger partial charge in [-0.25, -0.2) is 4.79 Å². The van der Waals surface area contributed by atoms with E-state index in [0.29, 0.717) is 6.54 Å². The summed E-state index contributed by atoms with van der Waals surface area (Å²) in [5.41, 5.74) is 14.0. The molecule has 1 aromatic heterocycles. The summed E-state index contributed by atoms with van der Waals surface area (Å²) in [7, 11) is 0. The molecule has 5 aromatic rings. The van der Waals surface area contributed by atoms with Crippen LogP contribution in [0.3, 0.4) is 0 Å². The lowest BCUT2D eigenvalue weighted by Crippen LogP contribution is -2.47. The minimum atomic E-state index is -0.538. The van der Waals surface area contributed by atoms with Crippen molar-refractivity contribution in [3.8, 4) is 11.1 Å². The highest BCUT2D eigenvalue weighted by Crippen LogP contribution is 2.43. The normalized spacial score (nSPS) is 22.8. The molecule has 2 aliphatic heterocycles. The van der Waals surface area contributed by atoms with Gasteiger partial charge in [-0.1, -0.05) is 79.7 Å². The number of aromatic nitrogens is 2. The minimum Gasteiger partial charge on any atom is -0.392 e. The van der Waals surface area contributed by atoms with Gasteiger partial charge in [-0.3, -0.25) is 4.57 Å². The van der Waals surface area contributed by atoms with Crippen LogP contribution in [0, 0.1) is 5.92 Å². The molecular formula is C38H42N4O4. The summed E-state index contributed by atoms with van der Waals surface area (Å²) in [6, 6.07) is 32.9. The molecular weight excluding hydrogens is 576 g/mol. The first-order chi connectivity index (χ1) is 22.5. The molecule has 4 aromatic carbocycles. The third-order valence-corrected chi connectivity index (χ3v) is 9.76. The summed E-state index contributed by atoms with van der Waals surface area (Å²) in [4.78, 5) is 18.3. The van der Waals surface area contributed by atoms with E-state index in [-0.39, 0.29) is 36.5 Å². The fourth-order valence-corrected chi connectivity index (χ4v) is 7.12. The molecule has 238 valence electrons. The Balaban J connectivity index is 1.12. The number of nitrogens with zero attached hydrogens (tertiary/aromatic N) is 2. The Morgan fingerprint density at radius 3 is 2.35 bits per heavy atom. The number of likely N-dealkylation sites (tertiary alicyclic amines) is 1. The van der Waals surface area contributed by atoms with Crippen LogP contribution in [-0.2, 0) is 22.6 Å². The van der Waals surface area contributed by atoms with Gasteiger partial charge >= 0.3 is 5.69 Å². The lowest BCUT2D eigenvalue weighted by molar-refractivity contribution is -0.276. The van der Waals surface area contributed by atoms with Gasteiger partial charge in [0, 0.05) is 43.7 Å². The van der Waals surface area contributed by atoms with Crippen molar-refractivity contribution in [3.05, 3.63) is 130 Å². The summed E-state index contributed by atoms with van der Waals surface area (Å²) in [5, 5.41) is 9.62. The fraction of sp³-hybridized carbons (Fsp3) is 0.342. The van der Waals surface area contributed by atoms with E-state index in [0.717, 1.165) is 76.9 Å². The van der Waals surface area contributed by atoms with Crippen LogP contribution < -0.4 is 11.4 Å². The number of imidazole rings is 1. The van der Waals surface area contributed by atoms with Crippen LogP contribution in [0.4, 0.5) is 0 Å². The van der Waals surface area contributed by atoms with E-state index in [2.05, 4.69) is 65.3 Å². The molecule has 4 atom stereocenters. The predicted octanol–water partition coefficient (Wildman–Crippen LogP) is 6.08. The number of hydrogen-bond donors (Lipinski definition) is 3. The number of benzene rings is 4. The Hall–Kier alpha value is -4.05. The van der Waals surface area contributed by atoms with Crippen molar-refractivity contribution in [1.29, 1.82) is 0 Å². The van der Waals surface area contributed by atoms with Crippen molar-refractivity contribution in [2.24, 2.45) is 11.7 Å². The smallest absolute Gasteiger partial charge is 0.326 e. The van der Waals surface area contributed by atoms with Crippen LogP contribution in [0.5, 0.6) is 0 Å². The zero-order chi connectivity index (χ0) is 31.6. The van der Waals surface area contributed by atoms with Crippen molar-refractivity contribution in [3.63, 3.8) is 0 Å². The largest absolute Gasteiger partial charge is 0.392 e. The first-order valence-corrected chi connectivity index (χ1v) is 16.3. The average Bonchev–Trinajstić information content (AvgIpc) is 3.45. The maximum Gasteiger partial charge on any atom is 0.326 e. The molecule has 0 spiro atoms. The number of ether oxygens (including phenoxy) is 2. The van der Waals surface area contributed by atoms with Crippen molar-refractivity contribution >= 4 is 11.0 Å². The first-order valence-electron chi connectivity index (χ1n) is 16.3. The Labute approximate surface area is 269 Å². The molecule has 3 heterocycles. The molecule has 0 amide bonds. The minimum absolute atomic E-state index is 0.00843. The summed E-state index contributed by atoms with van der Waals surface area (Å²) in [5.74, 6) is 0.0922. The van der Waals surface area contributed by atoms with Crippen molar-refractivity contribution in [2.45, 2.75) is 57.5 Å². The van der Waals surface area contributed by atoms with Gasteiger partial charge in [-0.05, 0) is 64.9 Å². The highest BCUT2D eigenvalue weighted by Gasteiger charge is 2.39. The van der Waals surface area contributed by atoms with E-state index in [1.54, 1.807) is 0 Å². The van der Waals surface area contributed by atoms with Gasteiger partial charge in [0.05, 0.1) is 29.8 Å². The quantitative estimate of drug-likeness (QED) is 0.195. The predicted molar refractivity (Wildman–Crippen MR) is 180 cm³/mol. The third kappa shape index (κ3) is 6.19. The van der Waals surface area contributed by atoms with E-state index in [9.17, 15) is 9.90 Å². The second kappa shape index (κ2) is 13.4. The van der Waals surface area contributed by atoms with Gasteiger partial charge in [0.15, 0.2) is 6.29 Å². The number of aliphatic hydroxyl groups excluding tert-OH is 1. The number of H-pyrrole nitrogens is 1. The van der Waals surface area contributed by atoms with E-state index < -0.39 is 6.29 Å². The van der Waals surface area contributed by atoms with Crippen LogP contribution in [-0.4, -0.2) is 45.3 Å². The molecule has 4 N–H and O–H groups in total. The monoisotopic (exact) mass is 618 g/mol. The summed E-state index contributed by atoms with van der Waals surface area (Å²) in [6.07, 6.45) is 1.02. The molecule has 8 heteroatoms. The highest BCUT2D eigenvalue weighted by atomic mass is 16.7. The lowest BCUT2D eigenvalue weighted by Gasteiger charge is -2.44. The van der Waals surface area contributed by atoms with Gasteiger partial charge in [0.2, 0.25) is 0 Å². The van der Waals surface area contributed by atoms with Gasteiger partial charge in [0.25, 0.3) is 0 Å². The third-order valence-electron chi connectivity index (χ3n) is 9.76.